The first-order valence-corrected chi connectivity index (χ1v) is 12.5. The van der Waals surface area contributed by atoms with E-state index < -0.39 is 74.9 Å². The second-order valence-corrected chi connectivity index (χ2v) is 10.7. The molecule has 23 heteroatoms. The minimum absolute atomic E-state index is 0.310. The number of rotatable bonds is 11. The van der Waals surface area contributed by atoms with E-state index in [0.29, 0.717) is 29.8 Å². The second-order valence-electron chi connectivity index (χ2n) is 8.97. The zero-order chi connectivity index (χ0) is 35.5. The Labute approximate surface area is 239 Å². The van der Waals surface area contributed by atoms with Gasteiger partial charge in [0, 0.05) is 11.4 Å². The molecule has 2 N–H and O–H groups in total. The number of carbonyl (C=O) groups is 1. The Hall–Kier alpha value is -3.53. The van der Waals surface area contributed by atoms with E-state index in [9.17, 15) is 87.8 Å². The molecule has 0 aliphatic rings. The average molecular weight is 708 g/mol. The number of halogens is 17. The third-order valence-electron chi connectivity index (χ3n) is 5.73. The lowest BCUT2D eigenvalue weighted by molar-refractivity contribution is -0.459. The molecule has 254 valence electrons. The SMILES string of the molecule is Cc1ccc(S(=O)(=O)Nc2ccc(NC(=O)C(F)(F)C(F)(F)C(F)(F)C(F)(F)C(F)(F)C(F)(F)C(F)(F)C(F)(F)F)cc2)cc1. The number of anilines is 2. The Morgan fingerprint density at radius 3 is 1.29 bits per heavy atom. The van der Waals surface area contributed by atoms with Gasteiger partial charge in [-0.15, -0.1) is 0 Å². The van der Waals surface area contributed by atoms with E-state index in [-0.39, 0.29) is 4.90 Å². The summed E-state index contributed by atoms with van der Waals surface area (Å²) in [6, 6.07) is 7.15. The standard InChI is InChI=1S/C22H13F17N2O3S/c1-10-2-8-13(9-3-10)45(43,44)41-12-6-4-11(5-7-12)40-14(42)15(23,24)16(25,26)17(27,28)18(29,30)19(31,32)20(33,34)21(35,36)22(37,38)39/h2-9,41H,1H3,(H,40,42). The molecular weight excluding hydrogens is 695 g/mol. The van der Waals surface area contributed by atoms with Crippen LogP contribution in [-0.2, 0) is 14.8 Å². The van der Waals surface area contributed by atoms with Crippen molar-refractivity contribution < 1.29 is 87.8 Å². The van der Waals surface area contributed by atoms with Crippen LogP contribution in [0.5, 0.6) is 0 Å². The van der Waals surface area contributed by atoms with Gasteiger partial charge < -0.3 is 5.32 Å². The van der Waals surface area contributed by atoms with Gasteiger partial charge in [0.15, 0.2) is 0 Å². The molecule has 0 spiro atoms. The highest BCUT2D eigenvalue weighted by molar-refractivity contribution is 7.92. The molecule has 5 nitrogen and oxygen atoms in total. The summed E-state index contributed by atoms with van der Waals surface area (Å²) in [5.74, 6) is -62.4. The van der Waals surface area contributed by atoms with E-state index >= 15 is 0 Å². The molecule has 0 saturated carbocycles. The van der Waals surface area contributed by atoms with E-state index in [1.54, 1.807) is 6.92 Å². The molecular formula is C22H13F17N2O3S. The second kappa shape index (κ2) is 11.1. The minimum Gasteiger partial charge on any atom is -0.321 e. The van der Waals surface area contributed by atoms with Gasteiger partial charge in [-0.3, -0.25) is 9.52 Å². The van der Waals surface area contributed by atoms with E-state index in [1.165, 1.54) is 12.1 Å². The molecule has 45 heavy (non-hydrogen) atoms. The van der Waals surface area contributed by atoms with Crippen molar-refractivity contribution in [2.24, 2.45) is 0 Å². The maximum absolute atomic E-state index is 14.1. The number of benzene rings is 2. The molecule has 0 aliphatic heterocycles. The van der Waals surface area contributed by atoms with Crippen LogP contribution in [0.15, 0.2) is 53.4 Å². The smallest absolute Gasteiger partial charge is 0.321 e. The van der Waals surface area contributed by atoms with Gasteiger partial charge in [-0.1, -0.05) is 17.7 Å². The molecule has 2 aromatic rings. The number of carbonyl (C=O) groups excluding carboxylic acids is 1. The summed E-state index contributed by atoms with van der Waals surface area (Å²) < 4.78 is 254. The van der Waals surface area contributed by atoms with Crippen LogP contribution in [0.25, 0.3) is 0 Å². The Morgan fingerprint density at radius 1 is 0.533 bits per heavy atom. The van der Waals surface area contributed by atoms with Crippen LogP contribution < -0.4 is 10.0 Å². The summed E-state index contributed by atoms with van der Waals surface area (Å²) in [5, 5.41) is 0.724. The summed E-state index contributed by atoms with van der Waals surface area (Å²) in [6.45, 7) is 1.61. The molecule has 0 radical (unpaired) electrons. The van der Waals surface area contributed by atoms with Crippen LogP contribution in [-0.4, -0.2) is 62.0 Å². The van der Waals surface area contributed by atoms with Crippen molar-refractivity contribution in [3.63, 3.8) is 0 Å². The number of amides is 1. The lowest BCUT2D eigenvalue weighted by atomic mass is 9.89. The highest BCUT2D eigenvalue weighted by Crippen LogP contribution is 2.64. The van der Waals surface area contributed by atoms with E-state index in [0.717, 1.165) is 17.4 Å². The molecule has 0 saturated heterocycles. The van der Waals surface area contributed by atoms with E-state index in [1.807, 2.05) is 4.72 Å². The first kappa shape index (κ1) is 37.7. The van der Waals surface area contributed by atoms with Crippen molar-refractivity contribution in [1.29, 1.82) is 0 Å². The third-order valence-corrected chi connectivity index (χ3v) is 7.13. The Kier molecular flexibility index (Phi) is 9.26. The van der Waals surface area contributed by atoms with Crippen LogP contribution in [0.1, 0.15) is 5.56 Å². The van der Waals surface area contributed by atoms with Crippen LogP contribution in [0.3, 0.4) is 0 Å². The van der Waals surface area contributed by atoms with Crippen molar-refractivity contribution in [2.75, 3.05) is 10.0 Å². The molecule has 0 aromatic heterocycles. The number of nitrogens with one attached hydrogen (secondary N) is 2. The number of sulfonamides is 1. The summed E-state index contributed by atoms with van der Waals surface area (Å²) in [7, 11) is -4.31. The molecule has 0 heterocycles. The highest BCUT2D eigenvalue weighted by Gasteiger charge is 2.95. The van der Waals surface area contributed by atoms with Crippen molar-refractivity contribution in [3.05, 3.63) is 54.1 Å². The summed E-state index contributed by atoms with van der Waals surface area (Å²) in [4.78, 5) is 11.4. The molecule has 0 fully saturated rings. The van der Waals surface area contributed by atoms with Gasteiger partial charge in [-0.2, -0.15) is 74.6 Å². The number of hydrogen-bond acceptors (Lipinski definition) is 3. The van der Waals surface area contributed by atoms with Crippen LogP contribution in [0.2, 0.25) is 0 Å². The molecule has 0 atom stereocenters. The number of hydrogen-bond donors (Lipinski definition) is 2. The highest BCUT2D eigenvalue weighted by atomic mass is 32.2. The minimum atomic E-state index is -8.82. The summed E-state index contributed by atoms with van der Waals surface area (Å²) in [5.41, 5.74) is -0.895. The van der Waals surface area contributed by atoms with E-state index in [2.05, 4.69) is 0 Å². The number of alkyl halides is 17. The van der Waals surface area contributed by atoms with Crippen molar-refractivity contribution in [2.45, 2.75) is 59.5 Å². The summed E-state index contributed by atoms with van der Waals surface area (Å²) in [6.07, 6.45) is -7.88. The molecule has 2 aromatic carbocycles. The molecule has 2 rings (SSSR count). The van der Waals surface area contributed by atoms with Crippen molar-refractivity contribution in [3.8, 4) is 0 Å². The lowest BCUT2D eigenvalue weighted by Crippen LogP contribution is -2.75. The predicted octanol–water partition coefficient (Wildman–Crippen LogP) is 7.74. The monoisotopic (exact) mass is 708 g/mol. The average Bonchev–Trinajstić information content (AvgIpc) is 2.88. The van der Waals surface area contributed by atoms with Crippen LogP contribution >= 0.6 is 0 Å². The first-order valence-electron chi connectivity index (χ1n) is 11.1. The Balaban J connectivity index is 2.38. The van der Waals surface area contributed by atoms with Gasteiger partial charge >= 0.3 is 53.5 Å². The Bertz CT molecular complexity index is 1500. The molecule has 0 aliphatic carbocycles. The quantitative estimate of drug-likeness (QED) is 0.235. The van der Waals surface area contributed by atoms with Crippen molar-refractivity contribution in [1.82, 2.24) is 0 Å². The van der Waals surface area contributed by atoms with E-state index in [4.69, 9.17) is 0 Å². The summed E-state index contributed by atoms with van der Waals surface area (Å²) >= 11 is 0. The van der Waals surface area contributed by atoms with Gasteiger partial charge in [-0.25, -0.2) is 8.42 Å². The topological polar surface area (TPSA) is 75.3 Å². The van der Waals surface area contributed by atoms with Gasteiger partial charge in [0.2, 0.25) is 0 Å². The van der Waals surface area contributed by atoms with Gasteiger partial charge in [0.05, 0.1) is 4.90 Å². The van der Waals surface area contributed by atoms with Crippen molar-refractivity contribution >= 4 is 27.3 Å². The third kappa shape index (κ3) is 5.93. The number of aryl methyl sites for hydroxylation is 1. The van der Waals surface area contributed by atoms with Crippen LogP contribution in [0.4, 0.5) is 86.0 Å². The first-order chi connectivity index (χ1) is 19.8. The fourth-order valence-electron chi connectivity index (χ4n) is 3.07. The predicted molar refractivity (Wildman–Crippen MR) is 118 cm³/mol. The fraction of sp³-hybridized carbons (Fsp3) is 0.409. The Morgan fingerprint density at radius 2 is 0.889 bits per heavy atom. The maximum atomic E-state index is 14.1. The van der Waals surface area contributed by atoms with Gasteiger partial charge in [0.1, 0.15) is 0 Å². The van der Waals surface area contributed by atoms with Gasteiger partial charge in [0.25, 0.3) is 10.0 Å². The zero-order valence-electron chi connectivity index (χ0n) is 21.2. The molecule has 0 bridgehead atoms. The molecule has 0 unspecified atom stereocenters. The normalized spacial score (nSPS) is 14.7. The fourth-order valence-corrected chi connectivity index (χ4v) is 4.13. The van der Waals surface area contributed by atoms with Gasteiger partial charge in [-0.05, 0) is 43.3 Å². The zero-order valence-corrected chi connectivity index (χ0v) is 22.0. The molecule has 1 amide bonds. The lowest BCUT2D eigenvalue weighted by Gasteiger charge is -2.42. The largest absolute Gasteiger partial charge is 0.460 e. The van der Waals surface area contributed by atoms with Crippen LogP contribution in [0, 0.1) is 6.92 Å². The maximum Gasteiger partial charge on any atom is 0.460 e.